The van der Waals surface area contributed by atoms with E-state index in [-0.39, 0.29) is 19.8 Å². The Labute approximate surface area is 91.8 Å². The third-order valence-electron chi connectivity index (χ3n) is 2.06. The summed E-state index contributed by atoms with van der Waals surface area (Å²) >= 11 is 1.14. The summed E-state index contributed by atoms with van der Waals surface area (Å²) in [6.45, 7) is 0.812. The second-order valence-corrected chi connectivity index (χ2v) is 4.00. The molecule has 0 amide bonds. The first kappa shape index (κ1) is 12.3. The summed E-state index contributed by atoms with van der Waals surface area (Å²) < 4.78 is 4.04. The van der Waals surface area contributed by atoms with Crippen LogP contribution in [0.4, 0.5) is 5.13 Å². The maximum atomic E-state index is 9.08. The third-order valence-corrected chi connectivity index (χ3v) is 2.73. The Morgan fingerprint density at radius 1 is 1.27 bits per heavy atom. The molecule has 0 bridgehead atoms. The molecule has 0 radical (unpaired) electrons. The molecule has 0 aliphatic heterocycles. The summed E-state index contributed by atoms with van der Waals surface area (Å²) in [7, 11) is 0. The minimum absolute atomic E-state index is 0.374. The number of aryl methyl sites for hydroxylation is 1. The van der Waals surface area contributed by atoms with E-state index in [1.807, 2.05) is 6.92 Å². The summed E-state index contributed by atoms with van der Waals surface area (Å²) in [5, 5.41) is 30.5. The second kappa shape index (κ2) is 5.36. The Kier molecular flexibility index (Phi) is 4.40. The highest BCUT2D eigenvalue weighted by Crippen LogP contribution is 2.17. The minimum Gasteiger partial charge on any atom is -0.394 e. The number of aliphatic hydroxyl groups excluding tert-OH is 3. The first-order valence-electron chi connectivity index (χ1n) is 4.63. The van der Waals surface area contributed by atoms with Gasteiger partial charge in [-0.1, -0.05) is 6.92 Å². The summed E-state index contributed by atoms with van der Waals surface area (Å²) in [5.41, 5.74) is -1.13. The van der Waals surface area contributed by atoms with Crippen molar-refractivity contribution in [1.82, 2.24) is 9.36 Å². The molecule has 15 heavy (non-hydrogen) atoms. The van der Waals surface area contributed by atoms with Gasteiger partial charge in [-0.05, 0) is 0 Å². The number of anilines is 1. The molecule has 0 unspecified atom stereocenters. The van der Waals surface area contributed by atoms with E-state index in [4.69, 9.17) is 15.3 Å². The fourth-order valence-corrected chi connectivity index (χ4v) is 1.71. The fraction of sp³-hybridized carbons (Fsp3) is 0.750. The van der Waals surface area contributed by atoms with Gasteiger partial charge < -0.3 is 20.6 Å². The average Bonchev–Trinajstić information content (AvgIpc) is 2.73. The molecule has 0 fully saturated rings. The largest absolute Gasteiger partial charge is 0.394 e. The van der Waals surface area contributed by atoms with Gasteiger partial charge in [-0.2, -0.15) is 4.37 Å². The minimum atomic E-state index is -1.13. The van der Waals surface area contributed by atoms with Crippen molar-refractivity contribution >= 4 is 16.7 Å². The first-order chi connectivity index (χ1) is 7.19. The van der Waals surface area contributed by atoms with Crippen molar-refractivity contribution < 1.29 is 15.3 Å². The van der Waals surface area contributed by atoms with E-state index in [0.717, 1.165) is 18.0 Å². The zero-order valence-electron chi connectivity index (χ0n) is 8.47. The molecule has 4 N–H and O–H groups in total. The highest BCUT2D eigenvalue weighted by atomic mass is 32.1. The number of aromatic nitrogens is 2. The van der Waals surface area contributed by atoms with Crippen LogP contribution in [-0.2, 0) is 6.42 Å². The van der Waals surface area contributed by atoms with Crippen molar-refractivity contribution in [2.75, 3.05) is 25.1 Å². The Balaban J connectivity index is 2.73. The number of nitrogens with one attached hydrogen (secondary N) is 1. The lowest BCUT2D eigenvalue weighted by atomic mass is 10.0. The summed E-state index contributed by atoms with van der Waals surface area (Å²) in [5.74, 6) is 0.699. The first-order valence-corrected chi connectivity index (χ1v) is 5.40. The van der Waals surface area contributed by atoms with Crippen LogP contribution >= 0.6 is 11.5 Å². The molecule has 0 aliphatic rings. The predicted octanol–water partition coefficient (Wildman–Crippen LogP) is -0.772. The summed E-state index contributed by atoms with van der Waals surface area (Å²) in [6, 6.07) is 0. The Morgan fingerprint density at radius 2 is 1.87 bits per heavy atom. The van der Waals surface area contributed by atoms with Crippen molar-refractivity contribution in [3.8, 4) is 0 Å². The lowest BCUT2D eigenvalue weighted by Crippen LogP contribution is -2.49. The van der Waals surface area contributed by atoms with Crippen LogP contribution in [-0.4, -0.2) is 50.0 Å². The Morgan fingerprint density at radius 3 is 2.27 bits per heavy atom. The molecule has 0 aromatic carbocycles. The van der Waals surface area contributed by atoms with Gasteiger partial charge in [0.15, 0.2) is 0 Å². The van der Waals surface area contributed by atoms with Gasteiger partial charge in [-0.25, -0.2) is 4.98 Å². The highest BCUT2D eigenvalue weighted by molar-refractivity contribution is 7.09. The van der Waals surface area contributed by atoms with E-state index in [2.05, 4.69) is 14.7 Å². The maximum Gasteiger partial charge on any atom is 0.203 e. The van der Waals surface area contributed by atoms with E-state index in [1.54, 1.807) is 0 Å². The molecule has 0 aliphatic carbocycles. The zero-order chi connectivity index (χ0) is 11.3. The van der Waals surface area contributed by atoms with Crippen molar-refractivity contribution in [3.63, 3.8) is 0 Å². The summed E-state index contributed by atoms with van der Waals surface area (Å²) in [6.07, 6.45) is 0.725. The summed E-state index contributed by atoms with van der Waals surface area (Å²) in [4.78, 5) is 4.12. The highest BCUT2D eigenvalue weighted by Gasteiger charge is 2.28. The Hall–Kier alpha value is -0.760. The van der Waals surface area contributed by atoms with Gasteiger partial charge in [0.25, 0.3) is 0 Å². The molecular weight excluding hydrogens is 218 g/mol. The van der Waals surface area contributed by atoms with Crippen LogP contribution in [0, 0.1) is 0 Å². The number of rotatable bonds is 6. The van der Waals surface area contributed by atoms with Gasteiger partial charge >= 0.3 is 0 Å². The van der Waals surface area contributed by atoms with Crippen LogP contribution in [0.5, 0.6) is 0 Å². The topological polar surface area (TPSA) is 98.5 Å². The fourth-order valence-electron chi connectivity index (χ4n) is 0.944. The second-order valence-electron chi connectivity index (χ2n) is 3.25. The molecule has 0 spiro atoms. The van der Waals surface area contributed by atoms with Crippen LogP contribution < -0.4 is 5.32 Å². The van der Waals surface area contributed by atoms with Gasteiger partial charge in [-0.3, -0.25) is 0 Å². The number of aliphatic hydroxyl groups is 3. The number of hydrogen-bond donors (Lipinski definition) is 4. The molecule has 1 heterocycles. The van der Waals surface area contributed by atoms with Gasteiger partial charge in [0.05, 0.1) is 19.8 Å². The molecule has 7 heteroatoms. The van der Waals surface area contributed by atoms with Crippen LogP contribution in [0.3, 0.4) is 0 Å². The van der Waals surface area contributed by atoms with Gasteiger partial charge in [0.1, 0.15) is 11.4 Å². The number of hydrogen-bond acceptors (Lipinski definition) is 7. The van der Waals surface area contributed by atoms with Crippen molar-refractivity contribution in [2.24, 2.45) is 0 Å². The molecule has 1 aromatic heterocycles. The van der Waals surface area contributed by atoms with E-state index >= 15 is 0 Å². The van der Waals surface area contributed by atoms with Crippen molar-refractivity contribution in [1.29, 1.82) is 0 Å². The van der Waals surface area contributed by atoms with Gasteiger partial charge in [0.2, 0.25) is 5.13 Å². The molecule has 0 atom stereocenters. The van der Waals surface area contributed by atoms with E-state index in [1.165, 1.54) is 0 Å². The van der Waals surface area contributed by atoms with Gasteiger partial charge in [0, 0.05) is 18.0 Å². The smallest absolute Gasteiger partial charge is 0.203 e. The van der Waals surface area contributed by atoms with Gasteiger partial charge in [-0.15, -0.1) is 0 Å². The van der Waals surface area contributed by atoms with E-state index in [0.29, 0.717) is 11.0 Å². The molecule has 1 aromatic rings. The molecule has 1 rings (SSSR count). The molecule has 6 nitrogen and oxygen atoms in total. The lowest BCUT2D eigenvalue weighted by Gasteiger charge is -2.27. The monoisotopic (exact) mass is 233 g/mol. The van der Waals surface area contributed by atoms with Crippen LogP contribution in [0.15, 0.2) is 0 Å². The van der Waals surface area contributed by atoms with Crippen LogP contribution in [0.25, 0.3) is 0 Å². The molecular formula is C8H15N3O3S. The standard InChI is InChI=1S/C8H15N3O3S/c1-2-6-9-7(15-11-6)10-8(3-12,4-13)5-14/h12-14H,2-5H2,1H3,(H,9,10,11). The van der Waals surface area contributed by atoms with Crippen molar-refractivity contribution in [2.45, 2.75) is 18.9 Å². The predicted molar refractivity (Wildman–Crippen MR) is 56.9 cm³/mol. The maximum absolute atomic E-state index is 9.08. The van der Waals surface area contributed by atoms with Crippen molar-refractivity contribution in [3.05, 3.63) is 5.82 Å². The molecule has 86 valence electrons. The van der Waals surface area contributed by atoms with Crippen LogP contribution in [0.1, 0.15) is 12.7 Å². The van der Waals surface area contributed by atoms with Crippen LogP contribution in [0.2, 0.25) is 0 Å². The normalized spacial score (nSPS) is 11.7. The zero-order valence-corrected chi connectivity index (χ0v) is 9.29. The van der Waals surface area contributed by atoms with E-state index < -0.39 is 5.54 Å². The SMILES string of the molecule is CCc1nsc(NC(CO)(CO)CO)n1. The Bertz CT molecular complexity index is 293. The third kappa shape index (κ3) is 2.85. The number of nitrogens with zero attached hydrogens (tertiary/aromatic N) is 2. The average molecular weight is 233 g/mol. The quantitative estimate of drug-likeness (QED) is 0.515. The lowest BCUT2D eigenvalue weighted by molar-refractivity contribution is 0.0833. The molecule has 0 saturated heterocycles. The molecule has 0 saturated carbocycles. The van der Waals surface area contributed by atoms with E-state index in [9.17, 15) is 0 Å².